The van der Waals surface area contributed by atoms with Gasteiger partial charge in [-0.15, -0.1) is 0 Å². The molecule has 0 unspecified atom stereocenters. The van der Waals surface area contributed by atoms with Crippen molar-refractivity contribution >= 4 is 16.8 Å². The van der Waals surface area contributed by atoms with Crippen LogP contribution in [0.3, 0.4) is 0 Å². The summed E-state index contributed by atoms with van der Waals surface area (Å²) in [5, 5.41) is 3.75. The molecule has 1 N–H and O–H groups in total. The lowest BCUT2D eigenvalue weighted by atomic mass is 9.95. The van der Waals surface area contributed by atoms with Crippen LogP contribution in [-0.2, 0) is 4.74 Å². The molecule has 1 saturated heterocycles. The Morgan fingerprint density at radius 1 is 1.30 bits per heavy atom. The first kappa shape index (κ1) is 18.4. The fourth-order valence-corrected chi connectivity index (χ4v) is 3.96. The van der Waals surface area contributed by atoms with E-state index in [4.69, 9.17) is 4.74 Å². The van der Waals surface area contributed by atoms with E-state index in [2.05, 4.69) is 24.1 Å². The molecule has 1 aromatic heterocycles. The van der Waals surface area contributed by atoms with Gasteiger partial charge in [0.05, 0.1) is 17.2 Å². The molecule has 0 spiro atoms. The number of pyridine rings is 1. The number of aromatic nitrogens is 1. The number of rotatable bonds is 5. The van der Waals surface area contributed by atoms with E-state index in [1.54, 1.807) is 6.07 Å². The molecule has 1 aliphatic heterocycles. The predicted molar refractivity (Wildman–Crippen MR) is 103 cm³/mol. The molecule has 4 nitrogen and oxygen atoms in total. The van der Waals surface area contributed by atoms with Gasteiger partial charge in [0.25, 0.3) is 5.91 Å². The normalized spacial score (nSPS) is 23.0. The molecular weight excluding hydrogens is 343 g/mol. The molecule has 1 saturated carbocycles. The van der Waals surface area contributed by atoms with Crippen molar-refractivity contribution in [3.63, 3.8) is 0 Å². The number of carbonyl (C=O) groups excluding carboxylic acids is 1. The van der Waals surface area contributed by atoms with E-state index in [1.807, 2.05) is 6.07 Å². The third kappa shape index (κ3) is 4.29. The van der Waals surface area contributed by atoms with E-state index in [1.165, 1.54) is 12.1 Å². The first-order valence-electron chi connectivity index (χ1n) is 10.0. The number of ether oxygens (including phenoxy) is 1. The van der Waals surface area contributed by atoms with E-state index >= 15 is 0 Å². The van der Waals surface area contributed by atoms with E-state index in [0.29, 0.717) is 34.9 Å². The van der Waals surface area contributed by atoms with Crippen molar-refractivity contribution in [3.8, 4) is 0 Å². The highest BCUT2D eigenvalue weighted by atomic mass is 19.1. The lowest BCUT2D eigenvalue weighted by molar-refractivity contribution is -0.00845. The van der Waals surface area contributed by atoms with Crippen molar-refractivity contribution in [2.45, 2.75) is 64.0 Å². The van der Waals surface area contributed by atoms with Crippen molar-refractivity contribution in [1.29, 1.82) is 0 Å². The zero-order valence-electron chi connectivity index (χ0n) is 16.0. The quantitative estimate of drug-likeness (QED) is 0.838. The second-order valence-electron chi connectivity index (χ2n) is 8.35. The van der Waals surface area contributed by atoms with Gasteiger partial charge in [-0.25, -0.2) is 4.39 Å². The molecule has 27 heavy (non-hydrogen) atoms. The molecule has 4 rings (SSSR count). The fourth-order valence-electron chi connectivity index (χ4n) is 3.96. The van der Waals surface area contributed by atoms with E-state index in [-0.39, 0.29) is 23.9 Å². The number of hydrogen-bond donors (Lipinski definition) is 1. The fraction of sp³-hybridized carbons (Fsp3) is 0.545. The topological polar surface area (TPSA) is 51.2 Å². The molecule has 5 heteroatoms. The molecule has 144 valence electrons. The largest absolute Gasteiger partial charge is 0.378 e. The van der Waals surface area contributed by atoms with Crippen molar-refractivity contribution in [2.24, 2.45) is 5.92 Å². The van der Waals surface area contributed by atoms with Crippen LogP contribution >= 0.6 is 0 Å². The van der Waals surface area contributed by atoms with E-state index in [9.17, 15) is 9.18 Å². The summed E-state index contributed by atoms with van der Waals surface area (Å²) in [5.41, 5.74) is 2.17. The monoisotopic (exact) mass is 370 g/mol. The van der Waals surface area contributed by atoms with Crippen molar-refractivity contribution in [2.75, 3.05) is 6.61 Å². The lowest BCUT2D eigenvalue weighted by Crippen LogP contribution is -2.42. The molecule has 2 heterocycles. The van der Waals surface area contributed by atoms with Gasteiger partial charge >= 0.3 is 0 Å². The SMILES string of the molecule is CC(C)C[C@H]1C[C@H](NC(=O)c2cc(C3CC3)nc3ccc(F)cc23)CCO1. The summed E-state index contributed by atoms with van der Waals surface area (Å²) in [4.78, 5) is 17.7. The van der Waals surface area contributed by atoms with Gasteiger partial charge in [-0.3, -0.25) is 9.78 Å². The summed E-state index contributed by atoms with van der Waals surface area (Å²) in [7, 11) is 0. The van der Waals surface area contributed by atoms with Gasteiger partial charge < -0.3 is 10.1 Å². The van der Waals surface area contributed by atoms with Gasteiger partial charge in [0.2, 0.25) is 0 Å². The first-order valence-corrected chi connectivity index (χ1v) is 10.0. The molecule has 0 radical (unpaired) electrons. The Balaban J connectivity index is 1.57. The van der Waals surface area contributed by atoms with Crippen molar-refractivity contribution in [3.05, 3.63) is 41.3 Å². The maximum atomic E-state index is 13.8. The van der Waals surface area contributed by atoms with Crippen LogP contribution in [0.2, 0.25) is 0 Å². The van der Waals surface area contributed by atoms with Crippen molar-refractivity contribution in [1.82, 2.24) is 10.3 Å². The van der Waals surface area contributed by atoms with Crippen LogP contribution in [0.25, 0.3) is 10.9 Å². The number of benzene rings is 1. The third-order valence-electron chi connectivity index (χ3n) is 5.47. The van der Waals surface area contributed by atoms with Crippen molar-refractivity contribution < 1.29 is 13.9 Å². The summed E-state index contributed by atoms with van der Waals surface area (Å²) >= 11 is 0. The summed E-state index contributed by atoms with van der Waals surface area (Å²) in [6, 6.07) is 6.44. The lowest BCUT2D eigenvalue weighted by Gasteiger charge is -2.31. The molecule has 2 atom stereocenters. The Kier molecular flexibility index (Phi) is 5.13. The molecule has 1 amide bonds. The van der Waals surface area contributed by atoms with Gasteiger partial charge in [-0.1, -0.05) is 13.8 Å². The zero-order chi connectivity index (χ0) is 19.0. The number of carbonyl (C=O) groups is 1. The number of amides is 1. The van der Waals surface area contributed by atoms with Crippen LogP contribution in [0.5, 0.6) is 0 Å². The third-order valence-corrected chi connectivity index (χ3v) is 5.47. The summed E-state index contributed by atoms with van der Waals surface area (Å²) < 4.78 is 19.6. The van der Waals surface area contributed by atoms with Crippen LogP contribution in [0, 0.1) is 11.7 Å². The highest BCUT2D eigenvalue weighted by Gasteiger charge is 2.29. The highest BCUT2D eigenvalue weighted by molar-refractivity contribution is 6.06. The number of halogens is 1. The molecule has 2 fully saturated rings. The number of nitrogens with one attached hydrogen (secondary N) is 1. The minimum absolute atomic E-state index is 0.0937. The van der Waals surface area contributed by atoms with Crippen LogP contribution < -0.4 is 5.32 Å². The smallest absolute Gasteiger partial charge is 0.252 e. The maximum Gasteiger partial charge on any atom is 0.252 e. The molecule has 1 aliphatic carbocycles. The molecular formula is C22H27FN2O2. The average molecular weight is 370 g/mol. The Bertz CT molecular complexity index is 848. The van der Waals surface area contributed by atoms with Gasteiger partial charge in [0.15, 0.2) is 0 Å². The number of fused-ring (bicyclic) bond motifs is 1. The summed E-state index contributed by atoms with van der Waals surface area (Å²) in [5.74, 6) is 0.521. The highest BCUT2D eigenvalue weighted by Crippen LogP contribution is 2.40. The number of hydrogen-bond acceptors (Lipinski definition) is 3. The minimum atomic E-state index is -0.347. The van der Waals surface area contributed by atoms with Gasteiger partial charge in [-0.05, 0) is 62.3 Å². The van der Waals surface area contributed by atoms with E-state index < -0.39 is 0 Å². The van der Waals surface area contributed by atoms with Gasteiger partial charge in [0, 0.05) is 29.6 Å². The minimum Gasteiger partial charge on any atom is -0.378 e. The standard InChI is InChI=1S/C22H27FN2O2/c1-13(2)9-17-11-16(7-8-27-17)24-22(26)19-12-21(14-3-4-14)25-20-6-5-15(23)10-18(19)20/h5-6,10,12-14,16-17H,3-4,7-9,11H2,1-2H3,(H,24,26)/t16-,17+/m1/s1. The Labute approximate surface area is 159 Å². The Morgan fingerprint density at radius 2 is 2.11 bits per heavy atom. The zero-order valence-corrected chi connectivity index (χ0v) is 16.0. The van der Waals surface area contributed by atoms with Crippen LogP contribution in [0.1, 0.15) is 67.9 Å². The Hall–Kier alpha value is -2.01. The van der Waals surface area contributed by atoms with Crippen LogP contribution in [0.15, 0.2) is 24.3 Å². The second kappa shape index (κ2) is 7.55. The molecule has 2 aliphatic rings. The average Bonchev–Trinajstić information content (AvgIpc) is 3.45. The van der Waals surface area contributed by atoms with Gasteiger partial charge in [-0.2, -0.15) is 0 Å². The van der Waals surface area contributed by atoms with Crippen LogP contribution in [-0.4, -0.2) is 29.6 Å². The molecule has 1 aromatic carbocycles. The second-order valence-corrected chi connectivity index (χ2v) is 8.35. The predicted octanol–water partition coefficient (Wildman–Crippen LogP) is 4.57. The molecule has 2 aromatic rings. The maximum absolute atomic E-state index is 13.8. The summed E-state index contributed by atoms with van der Waals surface area (Å²) in [6.07, 6.45) is 5.05. The van der Waals surface area contributed by atoms with E-state index in [0.717, 1.165) is 37.8 Å². The summed E-state index contributed by atoms with van der Waals surface area (Å²) in [6.45, 7) is 5.03. The van der Waals surface area contributed by atoms with Gasteiger partial charge in [0.1, 0.15) is 5.82 Å². The Morgan fingerprint density at radius 3 is 2.85 bits per heavy atom. The molecule has 0 bridgehead atoms. The number of nitrogens with zero attached hydrogens (tertiary/aromatic N) is 1. The van der Waals surface area contributed by atoms with Crippen LogP contribution in [0.4, 0.5) is 4.39 Å². The first-order chi connectivity index (χ1) is 13.0.